The molecule has 0 heterocycles. The summed E-state index contributed by atoms with van der Waals surface area (Å²) in [4.78, 5) is 0. The van der Waals surface area contributed by atoms with Gasteiger partial charge in [0.1, 0.15) is 5.82 Å². The molecule has 0 N–H and O–H groups in total. The molecule has 0 saturated heterocycles. The molecule has 1 aromatic carbocycles. The van der Waals surface area contributed by atoms with Crippen LogP contribution in [0.3, 0.4) is 0 Å². The van der Waals surface area contributed by atoms with Crippen molar-refractivity contribution in [2.75, 3.05) is 0 Å². The monoisotopic (exact) mass is 180 g/mol. The van der Waals surface area contributed by atoms with Gasteiger partial charge >= 0.3 is 0 Å². The number of rotatable bonds is 5. The van der Waals surface area contributed by atoms with E-state index in [1.54, 1.807) is 0 Å². The van der Waals surface area contributed by atoms with Crippen LogP contribution in [0.4, 0.5) is 4.39 Å². The summed E-state index contributed by atoms with van der Waals surface area (Å²) in [5.74, 6) is -0.141. The highest BCUT2D eigenvalue weighted by Crippen LogP contribution is 2.08. The zero-order chi connectivity index (χ0) is 9.52. The molecular weight excluding hydrogens is 163 g/mol. The quantitative estimate of drug-likeness (QED) is 0.602. The molecule has 0 bridgehead atoms. The molecule has 1 rings (SSSR count). The molecule has 0 spiro atoms. The van der Waals surface area contributed by atoms with Crippen LogP contribution in [0.1, 0.15) is 38.2 Å². The molecule has 0 aliphatic carbocycles. The van der Waals surface area contributed by atoms with Gasteiger partial charge in [-0.05, 0) is 30.5 Å². The molecular formula is C12H17F. The van der Waals surface area contributed by atoms with Crippen molar-refractivity contribution in [3.8, 4) is 0 Å². The lowest BCUT2D eigenvalue weighted by molar-refractivity contribution is 0.625. The first kappa shape index (κ1) is 10.2. The Balaban J connectivity index is 2.25. The van der Waals surface area contributed by atoms with E-state index in [9.17, 15) is 4.39 Å². The molecule has 0 nitrogen and oxygen atoms in total. The second-order valence-corrected chi connectivity index (χ2v) is 3.44. The van der Waals surface area contributed by atoms with Gasteiger partial charge in [0, 0.05) is 0 Å². The zero-order valence-electron chi connectivity index (χ0n) is 8.22. The summed E-state index contributed by atoms with van der Waals surface area (Å²) in [6.07, 6.45) is 6.16. The maximum atomic E-state index is 12.5. The van der Waals surface area contributed by atoms with Gasteiger partial charge in [-0.15, -0.1) is 0 Å². The first-order chi connectivity index (χ1) is 6.33. The molecule has 0 saturated carbocycles. The first-order valence-corrected chi connectivity index (χ1v) is 5.07. The second kappa shape index (κ2) is 5.74. The van der Waals surface area contributed by atoms with Crippen LogP contribution in [0, 0.1) is 5.82 Å². The molecule has 1 heteroatoms. The van der Waals surface area contributed by atoms with E-state index in [2.05, 4.69) is 6.92 Å². The van der Waals surface area contributed by atoms with Crippen molar-refractivity contribution in [3.63, 3.8) is 0 Å². The van der Waals surface area contributed by atoms with E-state index < -0.39 is 0 Å². The number of halogens is 1. The summed E-state index contributed by atoms with van der Waals surface area (Å²) in [7, 11) is 0. The smallest absolute Gasteiger partial charge is 0.123 e. The number of hydrogen-bond acceptors (Lipinski definition) is 0. The van der Waals surface area contributed by atoms with Crippen LogP contribution >= 0.6 is 0 Å². The van der Waals surface area contributed by atoms with Gasteiger partial charge < -0.3 is 0 Å². The average Bonchev–Trinajstić information content (AvgIpc) is 2.15. The summed E-state index contributed by atoms with van der Waals surface area (Å²) in [5.41, 5.74) is 1.25. The Labute approximate surface area is 79.8 Å². The average molecular weight is 180 g/mol. The van der Waals surface area contributed by atoms with E-state index in [0.29, 0.717) is 0 Å². The number of unbranched alkanes of at least 4 members (excludes halogenated alkanes) is 3. The first-order valence-electron chi connectivity index (χ1n) is 5.07. The summed E-state index contributed by atoms with van der Waals surface area (Å²) >= 11 is 0. The lowest BCUT2D eigenvalue weighted by Gasteiger charge is -2.00. The van der Waals surface area contributed by atoms with Gasteiger partial charge in [-0.25, -0.2) is 4.39 Å². The van der Waals surface area contributed by atoms with Gasteiger partial charge in [0.2, 0.25) is 0 Å². The fourth-order valence-corrected chi connectivity index (χ4v) is 1.41. The van der Waals surface area contributed by atoms with Crippen molar-refractivity contribution < 1.29 is 4.39 Å². The molecule has 0 fully saturated rings. The highest BCUT2D eigenvalue weighted by atomic mass is 19.1. The predicted octanol–water partition coefficient (Wildman–Crippen LogP) is 3.95. The Morgan fingerprint density at radius 2 is 1.69 bits per heavy atom. The van der Waals surface area contributed by atoms with Crippen molar-refractivity contribution in [2.45, 2.75) is 39.0 Å². The molecule has 0 unspecified atom stereocenters. The minimum atomic E-state index is -0.141. The van der Waals surface area contributed by atoms with Crippen LogP contribution in [0.5, 0.6) is 0 Å². The lowest BCUT2D eigenvalue weighted by Crippen LogP contribution is -1.85. The van der Waals surface area contributed by atoms with Gasteiger partial charge in [-0.3, -0.25) is 0 Å². The third kappa shape index (κ3) is 4.07. The summed E-state index contributed by atoms with van der Waals surface area (Å²) in [6, 6.07) is 6.83. The van der Waals surface area contributed by atoms with E-state index in [0.717, 1.165) is 6.42 Å². The fourth-order valence-electron chi connectivity index (χ4n) is 1.41. The van der Waals surface area contributed by atoms with Crippen LogP contribution in [-0.4, -0.2) is 0 Å². The summed E-state index contributed by atoms with van der Waals surface area (Å²) in [6.45, 7) is 2.21. The highest BCUT2D eigenvalue weighted by molar-refractivity contribution is 5.15. The molecule has 1 aromatic rings. The Bertz CT molecular complexity index is 225. The predicted molar refractivity (Wildman–Crippen MR) is 54.2 cm³/mol. The number of hydrogen-bond donors (Lipinski definition) is 0. The molecule has 0 radical (unpaired) electrons. The van der Waals surface area contributed by atoms with Gasteiger partial charge in [0.25, 0.3) is 0 Å². The molecule has 72 valence electrons. The van der Waals surface area contributed by atoms with Crippen molar-refractivity contribution >= 4 is 0 Å². The largest absolute Gasteiger partial charge is 0.207 e. The molecule has 0 aromatic heterocycles. The maximum Gasteiger partial charge on any atom is 0.123 e. The van der Waals surface area contributed by atoms with Crippen molar-refractivity contribution in [2.24, 2.45) is 0 Å². The Kier molecular flexibility index (Phi) is 4.52. The minimum absolute atomic E-state index is 0.141. The lowest BCUT2D eigenvalue weighted by atomic mass is 10.1. The van der Waals surface area contributed by atoms with Crippen LogP contribution < -0.4 is 0 Å². The van der Waals surface area contributed by atoms with E-state index in [1.165, 1.54) is 43.4 Å². The second-order valence-electron chi connectivity index (χ2n) is 3.44. The topological polar surface area (TPSA) is 0 Å². The third-order valence-corrected chi connectivity index (χ3v) is 2.23. The van der Waals surface area contributed by atoms with E-state index in [-0.39, 0.29) is 5.82 Å². The van der Waals surface area contributed by atoms with E-state index in [4.69, 9.17) is 0 Å². The molecule has 0 atom stereocenters. The van der Waals surface area contributed by atoms with E-state index >= 15 is 0 Å². The number of aryl methyl sites for hydroxylation is 1. The van der Waals surface area contributed by atoms with Gasteiger partial charge in [-0.2, -0.15) is 0 Å². The zero-order valence-corrected chi connectivity index (χ0v) is 8.22. The number of benzene rings is 1. The van der Waals surface area contributed by atoms with Crippen LogP contribution in [0.2, 0.25) is 0 Å². The Morgan fingerprint density at radius 1 is 1.00 bits per heavy atom. The van der Waals surface area contributed by atoms with Gasteiger partial charge in [-0.1, -0.05) is 38.3 Å². The standard InChI is InChI=1S/C12H17F/c1-2-3-4-5-6-11-7-9-12(13)10-8-11/h7-10H,2-6H2,1H3. The summed E-state index contributed by atoms with van der Waals surface area (Å²) in [5, 5.41) is 0. The molecule has 0 aliphatic rings. The Morgan fingerprint density at radius 3 is 2.31 bits per heavy atom. The van der Waals surface area contributed by atoms with Crippen LogP contribution in [0.25, 0.3) is 0 Å². The summed E-state index contributed by atoms with van der Waals surface area (Å²) < 4.78 is 12.5. The van der Waals surface area contributed by atoms with Crippen molar-refractivity contribution in [1.82, 2.24) is 0 Å². The van der Waals surface area contributed by atoms with E-state index in [1.807, 2.05) is 12.1 Å². The molecule has 0 amide bonds. The highest BCUT2D eigenvalue weighted by Gasteiger charge is 1.93. The van der Waals surface area contributed by atoms with Gasteiger partial charge in [0.15, 0.2) is 0 Å². The molecule has 13 heavy (non-hydrogen) atoms. The normalized spacial score (nSPS) is 10.3. The Hall–Kier alpha value is -0.850. The third-order valence-electron chi connectivity index (χ3n) is 2.23. The van der Waals surface area contributed by atoms with Crippen molar-refractivity contribution in [3.05, 3.63) is 35.6 Å². The molecule has 0 aliphatic heterocycles. The fraction of sp³-hybridized carbons (Fsp3) is 0.500. The van der Waals surface area contributed by atoms with Crippen LogP contribution in [0.15, 0.2) is 24.3 Å². The minimum Gasteiger partial charge on any atom is -0.207 e. The van der Waals surface area contributed by atoms with Crippen molar-refractivity contribution in [1.29, 1.82) is 0 Å². The SMILES string of the molecule is CCCCCCc1ccc(F)cc1. The maximum absolute atomic E-state index is 12.5. The van der Waals surface area contributed by atoms with Crippen LogP contribution in [-0.2, 0) is 6.42 Å². The van der Waals surface area contributed by atoms with Gasteiger partial charge in [0.05, 0.1) is 0 Å².